The van der Waals surface area contributed by atoms with E-state index in [0.29, 0.717) is 42.6 Å². The van der Waals surface area contributed by atoms with E-state index < -0.39 is 11.9 Å². The second-order valence-electron chi connectivity index (χ2n) is 9.25. The highest BCUT2D eigenvalue weighted by molar-refractivity contribution is 6.32. The van der Waals surface area contributed by atoms with E-state index >= 15 is 0 Å². The molecule has 40 heavy (non-hydrogen) atoms. The number of pyridine rings is 1. The predicted octanol–water partition coefficient (Wildman–Crippen LogP) is 6.59. The molecule has 2 heterocycles. The van der Waals surface area contributed by atoms with Crippen molar-refractivity contribution in [3.8, 4) is 11.5 Å². The number of hydrogen-bond donors (Lipinski definition) is 2. The Morgan fingerprint density at radius 2 is 1.70 bits per heavy atom. The monoisotopic (exact) mass is 562 g/mol. The lowest BCUT2D eigenvalue weighted by atomic mass is 10.0. The van der Waals surface area contributed by atoms with Crippen molar-refractivity contribution in [1.29, 1.82) is 0 Å². The third-order valence-corrected chi connectivity index (χ3v) is 6.56. The molecule has 2 N–H and O–H groups in total. The largest absolute Gasteiger partial charge is 0.492 e. The molecule has 0 saturated heterocycles. The van der Waals surface area contributed by atoms with Crippen LogP contribution in [0.25, 0.3) is 23.1 Å². The average Bonchev–Trinajstić information content (AvgIpc) is 3.28. The summed E-state index contributed by atoms with van der Waals surface area (Å²) < 4.78 is 13.2. The van der Waals surface area contributed by atoms with E-state index in [1.54, 1.807) is 16.8 Å². The Morgan fingerprint density at radius 3 is 2.42 bits per heavy atom. The van der Waals surface area contributed by atoms with Crippen LogP contribution >= 0.6 is 11.6 Å². The second-order valence-corrected chi connectivity index (χ2v) is 9.66. The van der Waals surface area contributed by atoms with Gasteiger partial charge in [0, 0.05) is 18.0 Å². The fourth-order valence-corrected chi connectivity index (χ4v) is 4.58. The van der Waals surface area contributed by atoms with E-state index in [9.17, 15) is 14.7 Å². The molecule has 0 amide bonds. The van der Waals surface area contributed by atoms with Crippen LogP contribution in [-0.4, -0.2) is 44.9 Å². The highest BCUT2D eigenvalue weighted by atomic mass is 35.5. The van der Waals surface area contributed by atoms with Gasteiger partial charge in [0.1, 0.15) is 18.0 Å². The number of carboxylic acids is 2. The van der Waals surface area contributed by atoms with Crippen LogP contribution in [-0.2, 0) is 22.6 Å². The van der Waals surface area contributed by atoms with Gasteiger partial charge in [-0.25, -0.2) is 0 Å². The van der Waals surface area contributed by atoms with Crippen LogP contribution in [0.4, 0.5) is 0 Å². The molecule has 0 unspecified atom stereocenters. The number of hydrogen-bond acceptors (Lipinski definition) is 5. The molecule has 4 rings (SSSR count). The minimum Gasteiger partial charge on any atom is -0.492 e. The van der Waals surface area contributed by atoms with Gasteiger partial charge in [-0.1, -0.05) is 48.0 Å². The number of rotatable bonds is 15. The fraction of sp³-hybridized carbons (Fsp3) is 0.258. The van der Waals surface area contributed by atoms with E-state index in [1.807, 2.05) is 66.9 Å². The molecular formula is C31H31ClN2O6. The predicted molar refractivity (Wildman–Crippen MR) is 155 cm³/mol. The number of nitrogens with zero attached hydrogens (tertiary/aromatic N) is 2. The molecule has 0 aliphatic carbocycles. The Hall–Kier alpha value is -4.30. The van der Waals surface area contributed by atoms with Crippen molar-refractivity contribution in [3.05, 3.63) is 88.8 Å². The number of para-hydroxylation sites is 2. The average molecular weight is 563 g/mol. The summed E-state index contributed by atoms with van der Waals surface area (Å²) in [6, 6.07) is 16.9. The van der Waals surface area contributed by atoms with Gasteiger partial charge >= 0.3 is 11.9 Å². The minimum absolute atomic E-state index is 0.0641. The normalized spacial score (nSPS) is 11.2. The van der Waals surface area contributed by atoms with Gasteiger partial charge < -0.3 is 24.3 Å². The van der Waals surface area contributed by atoms with Gasteiger partial charge in [0.25, 0.3) is 0 Å². The van der Waals surface area contributed by atoms with Crippen LogP contribution in [0.5, 0.6) is 11.5 Å². The van der Waals surface area contributed by atoms with Crippen molar-refractivity contribution in [2.24, 2.45) is 0 Å². The molecule has 2 aromatic carbocycles. The highest BCUT2D eigenvalue weighted by Gasteiger charge is 2.13. The van der Waals surface area contributed by atoms with Crippen molar-refractivity contribution in [2.75, 3.05) is 13.2 Å². The Kier molecular flexibility index (Phi) is 10.2. The molecule has 0 aliphatic rings. The zero-order chi connectivity index (χ0) is 28.3. The summed E-state index contributed by atoms with van der Waals surface area (Å²) in [7, 11) is 0. The molecule has 8 nitrogen and oxygen atoms in total. The van der Waals surface area contributed by atoms with Crippen LogP contribution in [0, 0.1) is 0 Å². The fourth-order valence-electron chi connectivity index (χ4n) is 4.39. The number of fused-ring (bicyclic) bond motifs is 1. The molecule has 0 saturated carbocycles. The van der Waals surface area contributed by atoms with Gasteiger partial charge in [0.2, 0.25) is 0 Å². The zero-order valence-electron chi connectivity index (χ0n) is 22.0. The zero-order valence-corrected chi connectivity index (χ0v) is 22.7. The first-order chi connectivity index (χ1) is 19.4. The quantitative estimate of drug-likeness (QED) is 0.157. The molecule has 4 aromatic rings. The lowest BCUT2D eigenvalue weighted by Gasteiger charge is -2.08. The Bertz CT molecular complexity index is 1480. The summed E-state index contributed by atoms with van der Waals surface area (Å²) in [6.45, 7) is 0.915. The summed E-state index contributed by atoms with van der Waals surface area (Å²) in [6.07, 6.45) is 10.0. The van der Waals surface area contributed by atoms with Crippen LogP contribution < -0.4 is 9.47 Å². The Morgan fingerprint density at radius 1 is 0.900 bits per heavy atom. The van der Waals surface area contributed by atoms with Gasteiger partial charge in [-0.3, -0.25) is 14.6 Å². The number of unbranched alkanes of at least 4 members (excludes halogenated alkanes) is 1. The summed E-state index contributed by atoms with van der Waals surface area (Å²) in [5, 5.41) is 19.9. The number of benzene rings is 2. The molecular weight excluding hydrogens is 532 g/mol. The molecule has 0 aliphatic heterocycles. The van der Waals surface area contributed by atoms with Gasteiger partial charge in [0.15, 0.2) is 0 Å². The molecule has 2 aromatic heterocycles. The number of aryl methyl sites for hydroxylation is 1. The number of halogens is 1. The van der Waals surface area contributed by atoms with Gasteiger partial charge in [-0.2, -0.15) is 0 Å². The van der Waals surface area contributed by atoms with E-state index in [2.05, 4.69) is 4.98 Å². The van der Waals surface area contributed by atoms with Crippen molar-refractivity contribution in [3.63, 3.8) is 0 Å². The van der Waals surface area contributed by atoms with Crippen LogP contribution in [0.2, 0.25) is 5.02 Å². The Labute approximate surface area is 237 Å². The van der Waals surface area contributed by atoms with Crippen LogP contribution in [0.15, 0.2) is 67.0 Å². The van der Waals surface area contributed by atoms with Crippen LogP contribution in [0.3, 0.4) is 0 Å². The second kappa shape index (κ2) is 14.2. The van der Waals surface area contributed by atoms with Gasteiger partial charge in [0.05, 0.1) is 35.6 Å². The maximum Gasteiger partial charge on any atom is 0.323 e. The number of carbonyl (C=O) groups is 2. The van der Waals surface area contributed by atoms with E-state index in [0.717, 1.165) is 40.6 Å². The number of carboxylic acid groups (broad SMARTS) is 2. The molecule has 0 radical (unpaired) electrons. The minimum atomic E-state index is -0.946. The highest BCUT2D eigenvalue weighted by Crippen LogP contribution is 2.28. The number of ether oxygens (including phenoxy) is 2. The van der Waals surface area contributed by atoms with E-state index in [1.165, 1.54) is 0 Å². The summed E-state index contributed by atoms with van der Waals surface area (Å²) in [5.74, 6) is -0.438. The lowest BCUT2D eigenvalue weighted by molar-refractivity contribution is -0.138. The summed E-state index contributed by atoms with van der Waals surface area (Å²) in [5.41, 5.74) is 3.31. The van der Waals surface area contributed by atoms with Crippen molar-refractivity contribution in [2.45, 2.75) is 38.6 Å². The van der Waals surface area contributed by atoms with Gasteiger partial charge in [-0.05, 0) is 67.2 Å². The third kappa shape index (κ3) is 8.10. The third-order valence-electron chi connectivity index (χ3n) is 6.25. The van der Waals surface area contributed by atoms with Gasteiger partial charge in [-0.15, -0.1) is 0 Å². The van der Waals surface area contributed by atoms with E-state index in [4.69, 9.17) is 26.2 Å². The molecule has 208 valence electrons. The number of aliphatic carboxylic acids is 2. The summed E-state index contributed by atoms with van der Waals surface area (Å²) >= 11 is 6.09. The van der Waals surface area contributed by atoms with E-state index in [-0.39, 0.29) is 13.0 Å². The van der Waals surface area contributed by atoms with Crippen molar-refractivity contribution < 1.29 is 29.3 Å². The maximum atomic E-state index is 11.5. The molecule has 9 heteroatoms. The first-order valence-corrected chi connectivity index (χ1v) is 13.5. The Balaban J connectivity index is 1.35. The van der Waals surface area contributed by atoms with Crippen molar-refractivity contribution >= 4 is 46.6 Å². The smallest absolute Gasteiger partial charge is 0.323 e. The SMILES string of the molecule is O=C(O)CCCc1cn(CC(=O)O)c2c(/C=C/c3ccc(OCCCCOc4ccccc4Cl)cn3)cccc12. The maximum absolute atomic E-state index is 11.5. The lowest BCUT2D eigenvalue weighted by Crippen LogP contribution is -2.07. The summed E-state index contributed by atoms with van der Waals surface area (Å²) in [4.78, 5) is 26.9. The molecule has 0 fully saturated rings. The topological polar surface area (TPSA) is 111 Å². The molecule has 0 bridgehead atoms. The van der Waals surface area contributed by atoms with Crippen molar-refractivity contribution in [1.82, 2.24) is 9.55 Å². The standard InChI is InChI=1S/C31H31ClN2O6/c32-27-10-1-2-11-28(27)40-18-4-3-17-39-25-16-15-24(33-19-25)14-13-22-7-5-9-26-23(8-6-12-29(35)36)20-34(31(22)26)21-30(37)38/h1-2,5,7,9-11,13-16,19-20H,3-4,6,8,12,17-18,21H2,(H,35,36)(H,37,38)/b14-13+. The first kappa shape index (κ1) is 28.7. The molecule has 0 spiro atoms. The number of aromatic nitrogens is 2. The first-order valence-electron chi connectivity index (χ1n) is 13.1. The molecule has 0 atom stereocenters. The van der Waals surface area contributed by atoms with Crippen LogP contribution in [0.1, 0.15) is 42.5 Å².